The zero-order valence-corrected chi connectivity index (χ0v) is 9.27. The number of piperazine rings is 1. The number of Topliss-reactive ketones (excluding diaryl/α,β-unsaturated/α-hetero) is 1. The third kappa shape index (κ3) is 2.45. The highest BCUT2D eigenvalue weighted by atomic mass is 35.5. The molecule has 4 nitrogen and oxygen atoms in total. The number of carbonyl (C=O) groups is 1. The molecule has 0 amide bonds. The summed E-state index contributed by atoms with van der Waals surface area (Å²) >= 11 is 0. The van der Waals surface area contributed by atoms with Gasteiger partial charge in [0.2, 0.25) is 0 Å². The van der Waals surface area contributed by atoms with Crippen LogP contribution in [-0.4, -0.2) is 49.1 Å². The van der Waals surface area contributed by atoms with Crippen LogP contribution >= 0.6 is 12.4 Å². The molecule has 0 aromatic carbocycles. The first kappa shape index (κ1) is 11.9. The van der Waals surface area contributed by atoms with E-state index in [2.05, 4.69) is 15.5 Å². The summed E-state index contributed by atoms with van der Waals surface area (Å²) in [6.45, 7) is 6.00. The van der Waals surface area contributed by atoms with Gasteiger partial charge in [0.25, 0.3) is 0 Å². The quantitative estimate of drug-likeness (QED) is 0.663. The molecule has 2 heterocycles. The molecular weight excluding hydrogens is 202 g/mol. The molecule has 2 N–H and O–H groups in total. The molecule has 2 fully saturated rings. The molecule has 14 heavy (non-hydrogen) atoms. The van der Waals surface area contributed by atoms with Gasteiger partial charge < -0.3 is 5.32 Å². The standard InChI is InChI=1S/C9H17N3O.ClH/c1-7(13)8-6-9(11-8)12-4-2-10-3-5-12;/h8-11H,2-6H2,1H3;1H. The second-order valence-electron chi connectivity index (χ2n) is 3.87. The second kappa shape index (κ2) is 5.07. The normalized spacial score (nSPS) is 32.9. The maximum Gasteiger partial charge on any atom is 0.146 e. The molecular formula is C9H18ClN3O. The van der Waals surface area contributed by atoms with Gasteiger partial charge in [0.15, 0.2) is 0 Å². The number of rotatable bonds is 2. The van der Waals surface area contributed by atoms with Crippen molar-refractivity contribution in [3.8, 4) is 0 Å². The van der Waals surface area contributed by atoms with Crippen molar-refractivity contribution in [1.29, 1.82) is 0 Å². The van der Waals surface area contributed by atoms with E-state index < -0.39 is 0 Å². The molecule has 2 atom stereocenters. The van der Waals surface area contributed by atoms with Crippen LogP contribution in [0, 0.1) is 0 Å². The monoisotopic (exact) mass is 219 g/mol. The summed E-state index contributed by atoms with van der Waals surface area (Å²) in [6, 6.07) is 0.125. The summed E-state index contributed by atoms with van der Waals surface area (Å²) in [5, 5.41) is 6.61. The summed E-state index contributed by atoms with van der Waals surface area (Å²) in [6.07, 6.45) is 1.45. The molecule has 0 aromatic heterocycles. The third-order valence-electron chi connectivity index (χ3n) is 2.94. The highest BCUT2D eigenvalue weighted by molar-refractivity contribution is 5.85. The van der Waals surface area contributed by atoms with Gasteiger partial charge in [0.1, 0.15) is 5.78 Å². The minimum atomic E-state index is 0. The zero-order valence-electron chi connectivity index (χ0n) is 8.45. The van der Waals surface area contributed by atoms with Crippen molar-refractivity contribution in [2.24, 2.45) is 0 Å². The van der Waals surface area contributed by atoms with E-state index in [9.17, 15) is 4.79 Å². The van der Waals surface area contributed by atoms with Crippen molar-refractivity contribution in [3.05, 3.63) is 0 Å². The average Bonchev–Trinajstić information content (AvgIpc) is 2.02. The molecule has 2 saturated heterocycles. The van der Waals surface area contributed by atoms with E-state index in [1.807, 2.05) is 0 Å². The van der Waals surface area contributed by atoms with Gasteiger partial charge in [0, 0.05) is 26.2 Å². The smallest absolute Gasteiger partial charge is 0.146 e. The number of hydrogen-bond donors (Lipinski definition) is 2. The van der Waals surface area contributed by atoms with Crippen molar-refractivity contribution in [1.82, 2.24) is 15.5 Å². The second-order valence-corrected chi connectivity index (χ2v) is 3.87. The van der Waals surface area contributed by atoms with Crippen molar-refractivity contribution in [2.75, 3.05) is 26.2 Å². The molecule has 2 aliphatic rings. The highest BCUT2D eigenvalue weighted by Crippen LogP contribution is 2.16. The Hall–Kier alpha value is -0.160. The van der Waals surface area contributed by atoms with Crippen LogP contribution in [-0.2, 0) is 4.79 Å². The number of ketones is 1. The van der Waals surface area contributed by atoms with Gasteiger partial charge in [-0.25, -0.2) is 0 Å². The molecule has 5 heteroatoms. The van der Waals surface area contributed by atoms with Crippen molar-refractivity contribution in [3.63, 3.8) is 0 Å². The Labute approximate surface area is 90.8 Å². The van der Waals surface area contributed by atoms with Gasteiger partial charge in [0.05, 0.1) is 12.2 Å². The molecule has 2 unspecified atom stereocenters. The van der Waals surface area contributed by atoms with Crippen molar-refractivity contribution in [2.45, 2.75) is 25.6 Å². The highest BCUT2D eigenvalue weighted by Gasteiger charge is 2.35. The minimum Gasteiger partial charge on any atom is -0.314 e. The van der Waals surface area contributed by atoms with Gasteiger partial charge in [-0.2, -0.15) is 0 Å². The predicted octanol–water partition coefficient (Wildman–Crippen LogP) is -0.410. The Bertz CT molecular complexity index is 200. The largest absolute Gasteiger partial charge is 0.314 e. The lowest BCUT2D eigenvalue weighted by Gasteiger charge is -2.44. The number of nitrogens with zero attached hydrogens (tertiary/aromatic N) is 1. The Morgan fingerprint density at radius 1 is 1.36 bits per heavy atom. The first-order chi connectivity index (χ1) is 6.27. The van der Waals surface area contributed by atoms with Gasteiger partial charge >= 0.3 is 0 Å². The van der Waals surface area contributed by atoms with Crippen LogP contribution in [0.15, 0.2) is 0 Å². The molecule has 0 aromatic rings. The average molecular weight is 220 g/mol. The fourth-order valence-corrected chi connectivity index (χ4v) is 1.96. The number of hydrogen-bond acceptors (Lipinski definition) is 4. The molecule has 0 spiro atoms. The number of carbonyl (C=O) groups excluding carboxylic acids is 1. The molecule has 2 aliphatic heterocycles. The van der Waals surface area contributed by atoms with Gasteiger partial charge in [-0.15, -0.1) is 12.4 Å². The van der Waals surface area contributed by atoms with Crippen molar-refractivity contribution < 1.29 is 4.79 Å². The fourth-order valence-electron chi connectivity index (χ4n) is 1.96. The van der Waals surface area contributed by atoms with Crippen molar-refractivity contribution >= 4 is 18.2 Å². The predicted molar refractivity (Wildman–Crippen MR) is 57.7 cm³/mol. The third-order valence-corrected chi connectivity index (χ3v) is 2.94. The van der Waals surface area contributed by atoms with Gasteiger partial charge in [-0.3, -0.25) is 15.0 Å². The van der Waals surface area contributed by atoms with Gasteiger partial charge in [-0.1, -0.05) is 0 Å². The van der Waals surface area contributed by atoms with E-state index in [4.69, 9.17) is 0 Å². The Kier molecular flexibility index (Phi) is 4.31. The maximum atomic E-state index is 11.0. The summed E-state index contributed by atoms with van der Waals surface area (Å²) in [7, 11) is 0. The Morgan fingerprint density at radius 3 is 2.43 bits per heavy atom. The first-order valence-electron chi connectivity index (χ1n) is 4.98. The molecule has 0 aliphatic carbocycles. The molecule has 0 bridgehead atoms. The Balaban J connectivity index is 0.000000980. The SMILES string of the molecule is CC(=O)C1CC(N2CCNCC2)N1.Cl. The van der Waals surface area contributed by atoms with Crippen LogP contribution in [0.3, 0.4) is 0 Å². The zero-order chi connectivity index (χ0) is 9.26. The van der Waals surface area contributed by atoms with Crippen LogP contribution < -0.4 is 10.6 Å². The van der Waals surface area contributed by atoms with Crippen LogP contribution in [0.5, 0.6) is 0 Å². The fraction of sp³-hybridized carbons (Fsp3) is 0.889. The maximum absolute atomic E-state index is 11.0. The summed E-state index contributed by atoms with van der Waals surface area (Å²) in [5.74, 6) is 0.270. The summed E-state index contributed by atoms with van der Waals surface area (Å²) in [5.41, 5.74) is 0. The molecule has 2 rings (SSSR count). The number of halogens is 1. The lowest BCUT2D eigenvalue weighted by molar-refractivity contribution is -0.123. The minimum absolute atomic E-state index is 0. The lowest BCUT2D eigenvalue weighted by atomic mass is 9.98. The molecule has 82 valence electrons. The van der Waals surface area contributed by atoms with E-state index >= 15 is 0 Å². The molecule has 0 saturated carbocycles. The Morgan fingerprint density at radius 2 is 1.93 bits per heavy atom. The van der Waals surface area contributed by atoms with E-state index in [-0.39, 0.29) is 24.2 Å². The van der Waals surface area contributed by atoms with E-state index in [0.717, 1.165) is 32.6 Å². The molecule has 0 radical (unpaired) electrons. The number of nitrogens with one attached hydrogen (secondary N) is 2. The first-order valence-corrected chi connectivity index (χ1v) is 4.98. The summed E-state index contributed by atoms with van der Waals surface area (Å²) < 4.78 is 0. The van der Waals surface area contributed by atoms with Crippen LogP contribution in [0.25, 0.3) is 0 Å². The van der Waals surface area contributed by atoms with Crippen LogP contribution in [0.2, 0.25) is 0 Å². The van der Waals surface area contributed by atoms with Crippen LogP contribution in [0.1, 0.15) is 13.3 Å². The van der Waals surface area contributed by atoms with E-state index in [1.165, 1.54) is 0 Å². The lowest BCUT2D eigenvalue weighted by Crippen LogP contribution is -2.65. The van der Waals surface area contributed by atoms with E-state index in [0.29, 0.717) is 6.17 Å². The summed E-state index contributed by atoms with van der Waals surface area (Å²) in [4.78, 5) is 13.4. The van der Waals surface area contributed by atoms with Crippen LogP contribution in [0.4, 0.5) is 0 Å². The van der Waals surface area contributed by atoms with E-state index in [1.54, 1.807) is 6.92 Å². The van der Waals surface area contributed by atoms with Gasteiger partial charge in [-0.05, 0) is 13.3 Å². The topological polar surface area (TPSA) is 44.4 Å².